The normalized spacial score (nSPS) is 11.4. The minimum absolute atomic E-state index is 0.0223. The SMILES string of the molecule is Cc1cccc(-n2c(=O)c3ccccc3n3c(SCCCC(=O)c4ccc(F)cc4)nnc23)c1C. The molecule has 0 spiro atoms. The van der Waals surface area contributed by atoms with E-state index in [1.54, 1.807) is 4.57 Å². The van der Waals surface area contributed by atoms with Gasteiger partial charge in [-0.05, 0) is 73.9 Å². The highest BCUT2D eigenvalue weighted by molar-refractivity contribution is 7.99. The molecule has 0 bridgehead atoms. The molecule has 5 rings (SSSR count). The van der Waals surface area contributed by atoms with Gasteiger partial charge in [0.25, 0.3) is 5.56 Å². The van der Waals surface area contributed by atoms with Gasteiger partial charge in [0, 0.05) is 17.7 Å². The summed E-state index contributed by atoms with van der Waals surface area (Å²) in [6.07, 6.45) is 0.980. The van der Waals surface area contributed by atoms with Crippen molar-refractivity contribution in [2.24, 2.45) is 0 Å². The summed E-state index contributed by atoms with van der Waals surface area (Å²) in [5, 5.41) is 10.0. The van der Waals surface area contributed by atoms with Crippen LogP contribution in [0.2, 0.25) is 0 Å². The number of carbonyl (C=O) groups is 1. The van der Waals surface area contributed by atoms with Gasteiger partial charge in [0.2, 0.25) is 5.78 Å². The fourth-order valence-electron chi connectivity index (χ4n) is 4.14. The van der Waals surface area contributed by atoms with Gasteiger partial charge in [-0.3, -0.25) is 14.0 Å². The minimum Gasteiger partial charge on any atom is -0.294 e. The van der Waals surface area contributed by atoms with Crippen molar-refractivity contribution in [2.75, 3.05) is 5.75 Å². The van der Waals surface area contributed by atoms with E-state index < -0.39 is 0 Å². The topological polar surface area (TPSA) is 69.3 Å². The third kappa shape index (κ3) is 4.25. The van der Waals surface area contributed by atoms with Gasteiger partial charge in [-0.2, -0.15) is 0 Å². The van der Waals surface area contributed by atoms with Gasteiger partial charge in [-0.25, -0.2) is 8.96 Å². The summed E-state index contributed by atoms with van der Waals surface area (Å²) in [7, 11) is 0. The van der Waals surface area contributed by atoms with Crippen LogP contribution in [0.3, 0.4) is 0 Å². The number of benzene rings is 3. The molecule has 176 valence electrons. The van der Waals surface area contributed by atoms with Crippen LogP contribution < -0.4 is 5.56 Å². The van der Waals surface area contributed by atoms with Gasteiger partial charge in [-0.15, -0.1) is 10.2 Å². The van der Waals surface area contributed by atoms with Crippen molar-refractivity contribution in [2.45, 2.75) is 31.8 Å². The number of rotatable bonds is 7. The first kappa shape index (κ1) is 23.0. The number of hydrogen-bond acceptors (Lipinski definition) is 5. The number of halogens is 1. The Kier molecular flexibility index (Phi) is 6.21. The third-order valence-electron chi connectivity index (χ3n) is 6.16. The first-order valence-electron chi connectivity index (χ1n) is 11.3. The second kappa shape index (κ2) is 9.46. The van der Waals surface area contributed by atoms with Gasteiger partial charge in [0.1, 0.15) is 5.82 Å². The molecule has 0 aliphatic carbocycles. The maximum absolute atomic E-state index is 13.5. The van der Waals surface area contributed by atoms with Crippen LogP contribution in [-0.2, 0) is 0 Å². The molecule has 6 nitrogen and oxygen atoms in total. The molecule has 0 N–H and O–H groups in total. The lowest BCUT2D eigenvalue weighted by molar-refractivity contribution is 0.0982. The molecule has 3 aromatic carbocycles. The zero-order chi connectivity index (χ0) is 24.5. The van der Waals surface area contributed by atoms with Gasteiger partial charge in [-0.1, -0.05) is 36.0 Å². The second-order valence-corrected chi connectivity index (χ2v) is 9.44. The fraction of sp³-hybridized carbons (Fsp3) is 0.185. The van der Waals surface area contributed by atoms with E-state index in [1.165, 1.54) is 36.0 Å². The zero-order valence-corrected chi connectivity index (χ0v) is 20.2. The van der Waals surface area contributed by atoms with Crippen molar-refractivity contribution in [3.8, 4) is 5.69 Å². The number of Topliss-reactive ketones (excluding diaryl/α,β-unsaturated/α-hetero) is 1. The Morgan fingerprint density at radius 2 is 1.74 bits per heavy atom. The number of hydrogen-bond donors (Lipinski definition) is 0. The molecule has 0 fully saturated rings. The van der Waals surface area contributed by atoms with Crippen LogP contribution in [0.5, 0.6) is 0 Å². The van der Waals surface area contributed by atoms with E-state index in [9.17, 15) is 14.0 Å². The lowest BCUT2D eigenvalue weighted by atomic mass is 10.1. The number of para-hydroxylation sites is 1. The maximum Gasteiger partial charge on any atom is 0.267 e. The Hall–Kier alpha value is -3.78. The van der Waals surface area contributed by atoms with Crippen molar-refractivity contribution in [1.82, 2.24) is 19.2 Å². The maximum atomic E-state index is 13.5. The fourth-order valence-corrected chi connectivity index (χ4v) is 5.02. The lowest BCUT2D eigenvalue weighted by Crippen LogP contribution is -2.22. The first-order chi connectivity index (χ1) is 17.0. The molecule has 0 aliphatic heterocycles. The summed E-state index contributed by atoms with van der Waals surface area (Å²) >= 11 is 1.49. The van der Waals surface area contributed by atoms with Gasteiger partial charge in [0.05, 0.1) is 16.6 Å². The van der Waals surface area contributed by atoms with Crippen molar-refractivity contribution < 1.29 is 9.18 Å². The third-order valence-corrected chi connectivity index (χ3v) is 7.17. The molecule has 2 aromatic heterocycles. The predicted octanol–water partition coefficient (Wildman–Crippen LogP) is 5.54. The molecule has 8 heteroatoms. The number of aromatic nitrogens is 4. The Balaban J connectivity index is 1.48. The summed E-state index contributed by atoms with van der Waals surface area (Å²) in [5.41, 5.74) is 3.97. The summed E-state index contributed by atoms with van der Waals surface area (Å²) in [6.45, 7) is 4.01. The largest absolute Gasteiger partial charge is 0.294 e. The minimum atomic E-state index is -0.359. The van der Waals surface area contributed by atoms with E-state index >= 15 is 0 Å². The monoisotopic (exact) mass is 486 g/mol. The Bertz CT molecular complexity index is 1620. The molecular formula is C27H23FN4O2S. The quantitative estimate of drug-likeness (QED) is 0.172. The smallest absolute Gasteiger partial charge is 0.267 e. The van der Waals surface area contributed by atoms with Gasteiger partial charge in [0.15, 0.2) is 10.9 Å². The summed E-state index contributed by atoms with van der Waals surface area (Å²) < 4.78 is 16.6. The van der Waals surface area contributed by atoms with E-state index in [0.29, 0.717) is 40.5 Å². The van der Waals surface area contributed by atoms with Crippen LogP contribution in [0.4, 0.5) is 4.39 Å². The standard InChI is InChI=1S/C27H23FN4O2S/c1-17-7-5-10-22(18(17)2)31-25(34)21-8-3-4-9-23(21)32-26(31)29-30-27(32)35-16-6-11-24(33)19-12-14-20(28)15-13-19/h3-5,7-10,12-15H,6,11,16H2,1-2H3. The molecule has 5 aromatic rings. The molecule has 0 amide bonds. The van der Waals surface area contributed by atoms with E-state index in [-0.39, 0.29) is 17.2 Å². The molecule has 35 heavy (non-hydrogen) atoms. The number of fused-ring (bicyclic) bond motifs is 3. The van der Waals surface area contributed by atoms with E-state index in [2.05, 4.69) is 10.2 Å². The van der Waals surface area contributed by atoms with Crippen LogP contribution in [0.15, 0.2) is 76.7 Å². The second-order valence-electron chi connectivity index (χ2n) is 8.38. The number of ketones is 1. The Morgan fingerprint density at radius 3 is 2.54 bits per heavy atom. The predicted molar refractivity (Wildman–Crippen MR) is 136 cm³/mol. The summed E-state index contributed by atoms with van der Waals surface area (Å²) in [5.74, 6) is 0.713. The number of nitrogens with zero attached hydrogens (tertiary/aromatic N) is 4. The molecule has 0 aliphatic rings. The lowest BCUT2D eigenvalue weighted by Gasteiger charge is -2.14. The van der Waals surface area contributed by atoms with Crippen LogP contribution in [-0.4, -0.2) is 30.7 Å². The van der Waals surface area contributed by atoms with Crippen molar-refractivity contribution in [3.63, 3.8) is 0 Å². The highest BCUT2D eigenvalue weighted by Crippen LogP contribution is 2.25. The average molecular weight is 487 g/mol. The van der Waals surface area contributed by atoms with Crippen LogP contribution in [0.25, 0.3) is 22.4 Å². The van der Waals surface area contributed by atoms with Gasteiger partial charge >= 0.3 is 0 Å². The molecule has 0 saturated heterocycles. The van der Waals surface area contributed by atoms with E-state index in [0.717, 1.165) is 22.3 Å². The molecular weight excluding hydrogens is 463 g/mol. The molecule has 0 saturated carbocycles. The summed E-state index contributed by atoms with van der Waals surface area (Å²) in [6, 6.07) is 18.9. The highest BCUT2D eigenvalue weighted by Gasteiger charge is 2.19. The van der Waals surface area contributed by atoms with Gasteiger partial charge < -0.3 is 0 Å². The number of carbonyl (C=O) groups excluding carboxylic acids is 1. The van der Waals surface area contributed by atoms with E-state index in [4.69, 9.17) is 0 Å². The Labute approximate surface area is 205 Å². The van der Waals surface area contributed by atoms with Crippen molar-refractivity contribution in [3.05, 3.63) is 99.6 Å². The van der Waals surface area contributed by atoms with Crippen LogP contribution in [0.1, 0.15) is 34.3 Å². The van der Waals surface area contributed by atoms with Crippen molar-refractivity contribution in [1.29, 1.82) is 0 Å². The zero-order valence-electron chi connectivity index (χ0n) is 19.4. The number of aryl methyl sites for hydroxylation is 1. The molecule has 0 unspecified atom stereocenters. The Morgan fingerprint density at radius 1 is 0.971 bits per heavy atom. The highest BCUT2D eigenvalue weighted by atomic mass is 32.2. The average Bonchev–Trinajstić information content (AvgIpc) is 3.28. The summed E-state index contributed by atoms with van der Waals surface area (Å²) in [4.78, 5) is 25.9. The molecule has 0 radical (unpaired) electrons. The molecule has 0 atom stereocenters. The van der Waals surface area contributed by atoms with Crippen LogP contribution in [0, 0.1) is 19.7 Å². The molecule has 2 heterocycles. The van der Waals surface area contributed by atoms with Crippen molar-refractivity contribution >= 4 is 34.2 Å². The number of thioether (sulfide) groups is 1. The van der Waals surface area contributed by atoms with Crippen LogP contribution >= 0.6 is 11.8 Å². The first-order valence-corrected chi connectivity index (χ1v) is 12.3. The van der Waals surface area contributed by atoms with E-state index in [1.807, 2.05) is 60.7 Å².